The van der Waals surface area contributed by atoms with Gasteiger partial charge in [-0.1, -0.05) is 0 Å². The first-order valence-corrected chi connectivity index (χ1v) is 5.93. The fourth-order valence-electron chi connectivity index (χ4n) is 2.21. The van der Waals surface area contributed by atoms with E-state index in [-0.39, 0.29) is 12.5 Å². The number of amides is 1. The van der Waals surface area contributed by atoms with Crippen molar-refractivity contribution < 1.29 is 14.3 Å². The maximum absolute atomic E-state index is 11.2. The summed E-state index contributed by atoms with van der Waals surface area (Å²) in [5.41, 5.74) is 8.25. The van der Waals surface area contributed by atoms with E-state index >= 15 is 0 Å². The average molecular weight is 249 g/mol. The minimum absolute atomic E-state index is 0.0550. The molecule has 1 aromatic carbocycles. The monoisotopic (exact) mass is 249 g/mol. The quantitative estimate of drug-likeness (QED) is 0.706. The molecule has 6 nitrogen and oxygen atoms in total. The number of anilines is 3. The van der Waals surface area contributed by atoms with E-state index in [4.69, 9.17) is 15.2 Å². The summed E-state index contributed by atoms with van der Waals surface area (Å²) in [7, 11) is 0. The number of nitrogen functional groups attached to an aromatic ring is 1. The highest BCUT2D eigenvalue weighted by molar-refractivity contribution is 5.97. The van der Waals surface area contributed by atoms with Gasteiger partial charge < -0.3 is 25.4 Å². The van der Waals surface area contributed by atoms with Crippen molar-refractivity contribution in [2.24, 2.45) is 0 Å². The van der Waals surface area contributed by atoms with Crippen LogP contribution in [0.15, 0.2) is 12.1 Å². The summed E-state index contributed by atoms with van der Waals surface area (Å²) < 4.78 is 10.7. The van der Waals surface area contributed by atoms with Crippen molar-refractivity contribution >= 4 is 23.0 Å². The Morgan fingerprint density at radius 3 is 2.83 bits per heavy atom. The van der Waals surface area contributed by atoms with Crippen LogP contribution >= 0.6 is 0 Å². The summed E-state index contributed by atoms with van der Waals surface area (Å²) in [6.07, 6.45) is 0. The number of benzene rings is 1. The fraction of sp³-hybridized carbons (Fsp3) is 0.417. The summed E-state index contributed by atoms with van der Waals surface area (Å²) >= 11 is 0. The van der Waals surface area contributed by atoms with Crippen LogP contribution in [0.25, 0.3) is 0 Å². The molecular formula is C12H15N3O3. The highest BCUT2D eigenvalue weighted by Crippen LogP contribution is 2.37. The van der Waals surface area contributed by atoms with Crippen molar-refractivity contribution in [3.63, 3.8) is 0 Å². The highest BCUT2D eigenvalue weighted by Gasteiger charge is 2.21. The third-order valence-corrected chi connectivity index (χ3v) is 3.11. The summed E-state index contributed by atoms with van der Waals surface area (Å²) in [4.78, 5) is 13.4. The summed E-state index contributed by atoms with van der Waals surface area (Å²) in [5, 5.41) is 2.74. The molecule has 1 fully saturated rings. The van der Waals surface area contributed by atoms with E-state index < -0.39 is 0 Å². The molecule has 1 amide bonds. The first kappa shape index (κ1) is 11.2. The van der Waals surface area contributed by atoms with Gasteiger partial charge in [-0.15, -0.1) is 0 Å². The number of rotatable bonds is 1. The molecule has 0 atom stereocenters. The number of carbonyl (C=O) groups is 1. The molecule has 0 spiro atoms. The van der Waals surface area contributed by atoms with Crippen molar-refractivity contribution in [3.05, 3.63) is 12.1 Å². The standard InChI is InChI=1S/C12H15N3O3/c13-8-5-9-11(18-7-12(16)14-9)6-10(8)15-1-3-17-4-2-15/h5-6H,1-4,7,13H2,(H,14,16). The third kappa shape index (κ3) is 1.95. The molecule has 2 heterocycles. The lowest BCUT2D eigenvalue weighted by Gasteiger charge is -2.31. The van der Waals surface area contributed by atoms with Gasteiger partial charge in [-0.25, -0.2) is 0 Å². The zero-order valence-electron chi connectivity index (χ0n) is 9.94. The van der Waals surface area contributed by atoms with Crippen LogP contribution in [0.2, 0.25) is 0 Å². The second-order valence-electron chi connectivity index (χ2n) is 4.34. The van der Waals surface area contributed by atoms with E-state index in [9.17, 15) is 4.79 Å². The normalized spacial score (nSPS) is 18.9. The van der Waals surface area contributed by atoms with Gasteiger partial charge in [-0.05, 0) is 6.07 Å². The molecule has 2 aliphatic rings. The first-order valence-electron chi connectivity index (χ1n) is 5.93. The van der Waals surface area contributed by atoms with Gasteiger partial charge in [-0.2, -0.15) is 0 Å². The molecule has 0 bridgehead atoms. The smallest absolute Gasteiger partial charge is 0.262 e. The number of hydrogen-bond acceptors (Lipinski definition) is 5. The number of nitrogens with one attached hydrogen (secondary N) is 1. The predicted octanol–water partition coefficient (Wildman–Crippen LogP) is 0.436. The van der Waals surface area contributed by atoms with Crippen molar-refractivity contribution in [2.45, 2.75) is 0 Å². The maximum atomic E-state index is 11.2. The van der Waals surface area contributed by atoms with Crippen LogP contribution in [0.5, 0.6) is 5.75 Å². The van der Waals surface area contributed by atoms with Crippen LogP contribution in [-0.4, -0.2) is 38.8 Å². The van der Waals surface area contributed by atoms with Crippen LogP contribution in [0.3, 0.4) is 0 Å². The molecule has 3 rings (SSSR count). The Balaban J connectivity index is 1.93. The lowest BCUT2D eigenvalue weighted by Crippen LogP contribution is -2.36. The Labute approximate surface area is 105 Å². The van der Waals surface area contributed by atoms with Crippen LogP contribution in [0, 0.1) is 0 Å². The van der Waals surface area contributed by atoms with Crippen molar-refractivity contribution in [1.82, 2.24) is 0 Å². The first-order chi connectivity index (χ1) is 8.74. The molecule has 0 saturated carbocycles. The molecule has 6 heteroatoms. The van der Waals surface area contributed by atoms with Gasteiger partial charge in [0.1, 0.15) is 5.75 Å². The van der Waals surface area contributed by atoms with Crippen molar-refractivity contribution in [3.8, 4) is 5.75 Å². The SMILES string of the molecule is Nc1cc2c(cc1N1CCOCC1)OCC(=O)N2. The van der Waals surface area contributed by atoms with Gasteiger partial charge in [0.2, 0.25) is 0 Å². The second-order valence-corrected chi connectivity index (χ2v) is 4.34. The predicted molar refractivity (Wildman–Crippen MR) is 68.0 cm³/mol. The fourth-order valence-corrected chi connectivity index (χ4v) is 2.21. The van der Waals surface area contributed by atoms with Gasteiger partial charge >= 0.3 is 0 Å². The minimum atomic E-state index is -0.152. The number of ether oxygens (including phenoxy) is 2. The summed E-state index contributed by atoms with van der Waals surface area (Å²) in [6, 6.07) is 3.63. The van der Waals surface area contributed by atoms with Crippen molar-refractivity contribution in [1.29, 1.82) is 0 Å². The van der Waals surface area contributed by atoms with Gasteiger partial charge in [-0.3, -0.25) is 4.79 Å². The number of morpholine rings is 1. The molecule has 18 heavy (non-hydrogen) atoms. The zero-order valence-corrected chi connectivity index (χ0v) is 9.94. The molecule has 0 radical (unpaired) electrons. The molecule has 96 valence electrons. The van der Waals surface area contributed by atoms with E-state index in [1.807, 2.05) is 6.07 Å². The van der Waals surface area contributed by atoms with Gasteiger partial charge in [0.05, 0.1) is 30.3 Å². The van der Waals surface area contributed by atoms with E-state index in [2.05, 4.69) is 10.2 Å². The summed E-state index contributed by atoms with van der Waals surface area (Å²) in [6.45, 7) is 3.09. The molecule has 3 N–H and O–H groups in total. The molecule has 0 unspecified atom stereocenters. The molecule has 0 aliphatic carbocycles. The Bertz CT molecular complexity index is 484. The average Bonchev–Trinajstić information content (AvgIpc) is 2.39. The zero-order chi connectivity index (χ0) is 12.5. The van der Waals surface area contributed by atoms with Gasteiger partial charge in [0.25, 0.3) is 5.91 Å². The van der Waals surface area contributed by atoms with Crippen LogP contribution < -0.4 is 20.7 Å². The van der Waals surface area contributed by atoms with E-state index in [1.54, 1.807) is 6.07 Å². The van der Waals surface area contributed by atoms with Gasteiger partial charge in [0, 0.05) is 19.2 Å². The Hall–Kier alpha value is -1.95. The van der Waals surface area contributed by atoms with E-state index in [0.717, 1.165) is 18.8 Å². The van der Waals surface area contributed by atoms with Gasteiger partial charge in [0.15, 0.2) is 6.61 Å². The summed E-state index contributed by atoms with van der Waals surface area (Å²) in [5.74, 6) is 0.520. The lowest BCUT2D eigenvalue weighted by atomic mass is 10.1. The van der Waals surface area contributed by atoms with Crippen LogP contribution in [-0.2, 0) is 9.53 Å². The Morgan fingerprint density at radius 1 is 1.28 bits per heavy atom. The second kappa shape index (κ2) is 4.38. The van der Waals surface area contributed by atoms with Crippen LogP contribution in [0.1, 0.15) is 0 Å². The Kier molecular flexibility index (Phi) is 2.71. The third-order valence-electron chi connectivity index (χ3n) is 3.11. The highest BCUT2D eigenvalue weighted by atomic mass is 16.5. The van der Waals surface area contributed by atoms with Crippen LogP contribution in [0.4, 0.5) is 17.1 Å². The number of nitrogens with zero attached hydrogens (tertiary/aromatic N) is 1. The molecule has 2 aliphatic heterocycles. The number of hydrogen-bond donors (Lipinski definition) is 2. The number of nitrogens with two attached hydrogens (primary N) is 1. The topological polar surface area (TPSA) is 76.8 Å². The van der Waals surface area contributed by atoms with E-state index in [0.29, 0.717) is 30.3 Å². The lowest BCUT2D eigenvalue weighted by molar-refractivity contribution is -0.118. The van der Waals surface area contributed by atoms with E-state index in [1.165, 1.54) is 0 Å². The molecular weight excluding hydrogens is 234 g/mol. The molecule has 1 aromatic rings. The minimum Gasteiger partial charge on any atom is -0.482 e. The number of carbonyl (C=O) groups excluding carboxylic acids is 1. The van der Waals surface area contributed by atoms with Crippen molar-refractivity contribution in [2.75, 3.05) is 48.9 Å². The maximum Gasteiger partial charge on any atom is 0.262 e. The molecule has 1 saturated heterocycles. The Morgan fingerprint density at radius 2 is 2.06 bits per heavy atom. The molecule has 0 aromatic heterocycles. The number of fused-ring (bicyclic) bond motifs is 1. The largest absolute Gasteiger partial charge is 0.482 e.